The average molecular weight is 295 g/mol. The van der Waals surface area contributed by atoms with Crippen LogP contribution in [0.4, 0.5) is 5.69 Å². The molecule has 1 unspecified atom stereocenters. The summed E-state index contributed by atoms with van der Waals surface area (Å²) in [6.45, 7) is 0.455. The molecule has 0 spiro atoms. The molecule has 6 heteroatoms. The van der Waals surface area contributed by atoms with Crippen LogP contribution >= 0.6 is 22.9 Å². The van der Waals surface area contributed by atoms with Crippen molar-refractivity contribution in [2.75, 3.05) is 5.32 Å². The molecule has 4 nitrogen and oxygen atoms in total. The summed E-state index contributed by atoms with van der Waals surface area (Å²) in [5.41, 5.74) is 7.13. The van der Waals surface area contributed by atoms with Gasteiger partial charge in [-0.05, 0) is 17.5 Å². The maximum atomic E-state index is 11.5. The highest BCUT2D eigenvalue weighted by atomic mass is 35.5. The van der Waals surface area contributed by atoms with Gasteiger partial charge in [0, 0.05) is 22.2 Å². The van der Waals surface area contributed by atoms with E-state index in [0.29, 0.717) is 28.6 Å². The fourth-order valence-electron chi connectivity index (χ4n) is 1.94. The molecular formula is C13H11ClN2O2S. The minimum Gasteiger partial charge on any atom is -0.486 e. The van der Waals surface area contributed by atoms with Gasteiger partial charge in [0.15, 0.2) is 0 Å². The number of benzene rings is 1. The zero-order valence-corrected chi connectivity index (χ0v) is 11.4. The Morgan fingerprint density at radius 1 is 1.47 bits per heavy atom. The predicted octanol–water partition coefficient (Wildman–Crippen LogP) is 2.93. The third-order valence-electron chi connectivity index (χ3n) is 2.93. The minimum absolute atomic E-state index is 0.221. The van der Waals surface area contributed by atoms with Crippen LogP contribution in [0.25, 0.3) is 0 Å². The Bertz CT molecular complexity index is 628. The summed E-state index contributed by atoms with van der Waals surface area (Å²) in [5.74, 6) is 0.324. The monoisotopic (exact) mass is 294 g/mol. The van der Waals surface area contributed by atoms with Crippen molar-refractivity contribution in [3.8, 4) is 5.75 Å². The van der Waals surface area contributed by atoms with E-state index >= 15 is 0 Å². The number of hydrogen-bond donors (Lipinski definition) is 2. The lowest BCUT2D eigenvalue weighted by molar-refractivity contribution is -0.116. The standard InChI is InChI=1S/C13H11ClN2O2S/c14-9-4-8-10(16-13(17)12(8)15)5-11(9)18-6-7-2-1-3-19-7/h1-5,12H,6,15H2,(H,16,17). The Hall–Kier alpha value is -1.56. The smallest absolute Gasteiger partial charge is 0.245 e. The van der Waals surface area contributed by atoms with Gasteiger partial charge in [0.1, 0.15) is 18.4 Å². The molecule has 0 fully saturated rings. The number of thiophene rings is 1. The molecule has 0 aliphatic carbocycles. The molecule has 98 valence electrons. The molecule has 1 aliphatic rings. The molecular weight excluding hydrogens is 284 g/mol. The molecule has 0 bridgehead atoms. The highest BCUT2D eigenvalue weighted by Gasteiger charge is 2.28. The van der Waals surface area contributed by atoms with Crippen molar-refractivity contribution in [3.05, 3.63) is 45.1 Å². The molecule has 2 aromatic rings. The number of ether oxygens (including phenoxy) is 1. The van der Waals surface area contributed by atoms with Crippen LogP contribution in [-0.4, -0.2) is 5.91 Å². The maximum absolute atomic E-state index is 11.5. The average Bonchev–Trinajstić information content (AvgIpc) is 2.98. The largest absolute Gasteiger partial charge is 0.486 e. The number of rotatable bonds is 3. The molecule has 0 saturated heterocycles. The summed E-state index contributed by atoms with van der Waals surface area (Å²) in [6, 6.07) is 6.70. The van der Waals surface area contributed by atoms with E-state index in [1.807, 2.05) is 17.5 Å². The molecule has 19 heavy (non-hydrogen) atoms. The Balaban J connectivity index is 1.84. The number of hydrogen-bond acceptors (Lipinski definition) is 4. The number of carbonyl (C=O) groups excluding carboxylic acids is 1. The zero-order valence-electron chi connectivity index (χ0n) is 9.85. The minimum atomic E-state index is -0.654. The molecule has 0 radical (unpaired) electrons. The number of halogens is 1. The summed E-state index contributed by atoms with van der Waals surface area (Å²) in [7, 11) is 0. The molecule has 1 atom stereocenters. The van der Waals surface area contributed by atoms with Gasteiger partial charge in [0.05, 0.1) is 5.02 Å². The first-order valence-corrected chi connectivity index (χ1v) is 6.96. The van der Waals surface area contributed by atoms with Gasteiger partial charge in [-0.3, -0.25) is 4.79 Å². The lowest BCUT2D eigenvalue weighted by Crippen LogP contribution is -2.19. The number of fused-ring (bicyclic) bond motifs is 1. The highest BCUT2D eigenvalue weighted by Crippen LogP contribution is 2.38. The van der Waals surface area contributed by atoms with Gasteiger partial charge in [0.25, 0.3) is 0 Å². The first-order chi connectivity index (χ1) is 9.15. The van der Waals surface area contributed by atoms with Crippen molar-refractivity contribution in [1.29, 1.82) is 0 Å². The van der Waals surface area contributed by atoms with Crippen LogP contribution < -0.4 is 15.8 Å². The molecule has 3 N–H and O–H groups in total. The molecule has 1 aliphatic heterocycles. The molecule has 1 aromatic carbocycles. The Labute approximate surface area is 119 Å². The van der Waals surface area contributed by atoms with Crippen LogP contribution in [0.2, 0.25) is 5.02 Å². The topological polar surface area (TPSA) is 64.4 Å². The van der Waals surface area contributed by atoms with E-state index in [1.54, 1.807) is 23.5 Å². The number of amides is 1. The maximum Gasteiger partial charge on any atom is 0.245 e. The van der Waals surface area contributed by atoms with E-state index in [9.17, 15) is 4.79 Å². The van der Waals surface area contributed by atoms with Crippen LogP contribution in [0.15, 0.2) is 29.6 Å². The lowest BCUT2D eigenvalue weighted by Gasteiger charge is -2.09. The second kappa shape index (κ2) is 4.85. The van der Waals surface area contributed by atoms with Crippen molar-refractivity contribution in [1.82, 2.24) is 0 Å². The quantitative estimate of drug-likeness (QED) is 0.915. The Kier molecular flexibility index (Phi) is 3.18. The summed E-state index contributed by atoms with van der Waals surface area (Å²) in [4.78, 5) is 12.6. The molecule has 2 heterocycles. The van der Waals surface area contributed by atoms with E-state index in [-0.39, 0.29) is 5.91 Å². The van der Waals surface area contributed by atoms with E-state index in [1.165, 1.54) is 0 Å². The Morgan fingerprint density at radius 3 is 3.05 bits per heavy atom. The van der Waals surface area contributed by atoms with Crippen molar-refractivity contribution < 1.29 is 9.53 Å². The van der Waals surface area contributed by atoms with Gasteiger partial charge < -0.3 is 15.8 Å². The van der Waals surface area contributed by atoms with Crippen LogP contribution in [0.3, 0.4) is 0 Å². The van der Waals surface area contributed by atoms with E-state index in [0.717, 1.165) is 4.88 Å². The van der Waals surface area contributed by atoms with Gasteiger partial charge in [-0.1, -0.05) is 17.7 Å². The summed E-state index contributed by atoms with van der Waals surface area (Å²) in [5, 5.41) is 5.16. The van der Waals surface area contributed by atoms with Crippen molar-refractivity contribution in [2.24, 2.45) is 5.73 Å². The third kappa shape index (κ3) is 2.32. The first-order valence-electron chi connectivity index (χ1n) is 5.70. The number of nitrogens with one attached hydrogen (secondary N) is 1. The van der Waals surface area contributed by atoms with Gasteiger partial charge >= 0.3 is 0 Å². The molecule has 3 rings (SSSR count). The third-order valence-corrected chi connectivity index (χ3v) is 4.07. The Morgan fingerprint density at radius 2 is 2.32 bits per heavy atom. The molecule has 0 saturated carbocycles. The summed E-state index contributed by atoms with van der Waals surface area (Å²) < 4.78 is 5.66. The van der Waals surface area contributed by atoms with Crippen molar-refractivity contribution in [3.63, 3.8) is 0 Å². The van der Waals surface area contributed by atoms with Gasteiger partial charge in [-0.2, -0.15) is 0 Å². The number of nitrogens with two attached hydrogens (primary N) is 1. The predicted molar refractivity (Wildman–Crippen MR) is 75.7 cm³/mol. The zero-order chi connectivity index (χ0) is 13.4. The summed E-state index contributed by atoms with van der Waals surface area (Å²) in [6.07, 6.45) is 0. The van der Waals surface area contributed by atoms with Crippen LogP contribution in [0.1, 0.15) is 16.5 Å². The van der Waals surface area contributed by atoms with E-state index < -0.39 is 6.04 Å². The summed E-state index contributed by atoms with van der Waals surface area (Å²) >= 11 is 7.76. The second-order valence-corrected chi connectivity index (χ2v) is 5.64. The highest BCUT2D eigenvalue weighted by molar-refractivity contribution is 7.09. The van der Waals surface area contributed by atoms with Gasteiger partial charge in [0.2, 0.25) is 5.91 Å². The number of anilines is 1. The normalized spacial score (nSPS) is 17.2. The number of carbonyl (C=O) groups is 1. The molecule has 1 aromatic heterocycles. The van der Waals surface area contributed by atoms with E-state index in [4.69, 9.17) is 22.1 Å². The van der Waals surface area contributed by atoms with Crippen LogP contribution in [0, 0.1) is 0 Å². The lowest BCUT2D eigenvalue weighted by atomic mass is 10.1. The van der Waals surface area contributed by atoms with Crippen LogP contribution in [-0.2, 0) is 11.4 Å². The van der Waals surface area contributed by atoms with Gasteiger partial charge in [-0.25, -0.2) is 0 Å². The molecule has 1 amide bonds. The van der Waals surface area contributed by atoms with Crippen molar-refractivity contribution in [2.45, 2.75) is 12.6 Å². The van der Waals surface area contributed by atoms with Crippen molar-refractivity contribution >= 4 is 34.5 Å². The van der Waals surface area contributed by atoms with E-state index in [2.05, 4.69) is 5.32 Å². The first kappa shape index (κ1) is 12.5. The van der Waals surface area contributed by atoms with Gasteiger partial charge in [-0.15, -0.1) is 11.3 Å². The second-order valence-electron chi connectivity index (χ2n) is 4.20. The fourth-order valence-corrected chi connectivity index (χ4v) is 2.78. The SMILES string of the molecule is NC1C(=O)Nc2cc(OCc3cccs3)c(Cl)cc21. The fraction of sp³-hybridized carbons (Fsp3) is 0.154. The van der Waals surface area contributed by atoms with Crippen LogP contribution in [0.5, 0.6) is 5.75 Å².